The van der Waals surface area contributed by atoms with E-state index in [4.69, 9.17) is 4.74 Å². The lowest BCUT2D eigenvalue weighted by atomic mass is 10.0. The van der Waals surface area contributed by atoms with Gasteiger partial charge in [0.05, 0.1) is 6.26 Å². The molecule has 20 heavy (non-hydrogen) atoms. The average Bonchev–Trinajstić information content (AvgIpc) is 2.43. The molecule has 0 aromatic heterocycles. The molecule has 0 aromatic carbocycles. The van der Waals surface area contributed by atoms with Crippen molar-refractivity contribution in [2.75, 3.05) is 0 Å². The molecular formula is C18H34O2. The summed E-state index contributed by atoms with van der Waals surface area (Å²) in [4.78, 5) is 10.9. The molecule has 0 radical (unpaired) electrons. The van der Waals surface area contributed by atoms with Crippen molar-refractivity contribution in [3.05, 3.63) is 11.8 Å². The van der Waals surface area contributed by atoms with Crippen molar-refractivity contribution in [1.29, 1.82) is 0 Å². The van der Waals surface area contributed by atoms with Crippen LogP contribution < -0.4 is 0 Å². The summed E-state index contributed by atoms with van der Waals surface area (Å²) in [6.45, 7) is 5.91. The zero-order chi connectivity index (χ0) is 15.1. The summed E-state index contributed by atoms with van der Waals surface area (Å²) < 4.78 is 5.02. The van der Waals surface area contributed by atoms with Gasteiger partial charge in [-0.15, -0.1) is 0 Å². The first-order valence-electron chi connectivity index (χ1n) is 8.55. The number of ether oxygens (including phenoxy) is 1. The Morgan fingerprint density at radius 1 is 0.800 bits per heavy atom. The molecule has 0 saturated heterocycles. The lowest BCUT2D eigenvalue weighted by Gasteiger charge is -2.07. The van der Waals surface area contributed by atoms with Crippen LogP contribution in [0.3, 0.4) is 0 Å². The van der Waals surface area contributed by atoms with Crippen LogP contribution in [0.15, 0.2) is 11.8 Å². The van der Waals surface area contributed by atoms with E-state index in [1.165, 1.54) is 76.7 Å². The fraction of sp³-hybridized carbons (Fsp3) is 0.833. The van der Waals surface area contributed by atoms with E-state index in [1.807, 2.05) is 0 Å². The van der Waals surface area contributed by atoms with E-state index in [2.05, 4.69) is 13.8 Å². The molecule has 0 heterocycles. The third kappa shape index (κ3) is 13.6. The molecule has 0 aliphatic rings. The van der Waals surface area contributed by atoms with Gasteiger partial charge in [0.1, 0.15) is 0 Å². The number of hydrogen-bond donors (Lipinski definition) is 0. The third-order valence-electron chi connectivity index (χ3n) is 3.59. The summed E-state index contributed by atoms with van der Waals surface area (Å²) in [6.07, 6.45) is 17.0. The monoisotopic (exact) mass is 282 g/mol. The van der Waals surface area contributed by atoms with Crippen molar-refractivity contribution >= 4 is 5.97 Å². The van der Waals surface area contributed by atoms with E-state index in [1.54, 1.807) is 6.26 Å². The Kier molecular flexibility index (Phi) is 14.0. The van der Waals surface area contributed by atoms with Gasteiger partial charge in [0, 0.05) is 6.92 Å². The van der Waals surface area contributed by atoms with Gasteiger partial charge in [-0.1, -0.05) is 65.2 Å². The molecule has 0 bridgehead atoms. The molecule has 0 spiro atoms. The standard InChI is InChI=1S/C18H34O2/c1-4-6-8-9-10-11-12-13-15-18(14-7-5-2)16-20-17(3)19/h16H,4-15H2,1-3H3/b18-16-. The van der Waals surface area contributed by atoms with Gasteiger partial charge < -0.3 is 4.74 Å². The first-order valence-corrected chi connectivity index (χ1v) is 8.55. The van der Waals surface area contributed by atoms with Crippen molar-refractivity contribution < 1.29 is 9.53 Å². The lowest BCUT2D eigenvalue weighted by Crippen LogP contribution is -1.94. The van der Waals surface area contributed by atoms with E-state index in [-0.39, 0.29) is 5.97 Å². The second-order valence-corrected chi connectivity index (χ2v) is 5.71. The molecule has 0 fully saturated rings. The minimum atomic E-state index is -0.213. The van der Waals surface area contributed by atoms with Crippen LogP contribution >= 0.6 is 0 Å². The SMILES string of the molecule is CCCCCCCCCC/C(=C\OC(C)=O)CCCC. The van der Waals surface area contributed by atoms with Gasteiger partial charge >= 0.3 is 5.97 Å². The van der Waals surface area contributed by atoms with Gasteiger partial charge in [-0.2, -0.15) is 0 Å². The highest BCUT2D eigenvalue weighted by Crippen LogP contribution is 2.17. The summed E-state index contributed by atoms with van der Waals surface area (Å²) in [5.74, 6) is -0.213. The zero-order valence-electron chi connectivity index (χ0n) is 13.9. The number of rotatable bonds is 13. The van der Waals surface area contributed by atoms with Crippen LogP contribution in [-0.2, 0) is 9.53 Å². The Balaban J connectivity index is 3.67. The van der Waals surface area contributed by atoms with Gasteiger partial charge in [-0.3, -0.25) is 4.79 Å². The molecule has 2 nitrogen and oxygen atoms in total. The Morgan fingerprint density at radius 2 is 1.30 bits per heavy atom. The average molecular weight is 282 g/mol. The van der Waals surface area contributed by atoms with E-state index < -0.39 is 0 Å². The Bertz CT molecular complexity index is 256. The van der Waals surface area contributed by atoms with E-state index in [9.17, 15) is 4.79 Å². The second kappa shape index (κ2) is 14.6. The first-order chi connectivity index (χ1) is 9.70. The number of allylic oxidation sites excluding steroid dienone is 1. The number of hydrogen-bond acceptors (Lipinski definition) is 2. The summed E-state index contributed by atoms with van der Waals surface area (Å²) in [7, 11) is 0. The summed E-state index contributed by atoms with van der Waals surface area (Å²) in [5.41, 5.74) is 1.30. The number of esters is 1. The van der Waals surface area contributed by atoms with Crippen molar-refractivity contribution in [3.63, 3.8) is 0 Å². The number of unbranched alkanes of at least 4 members (excludes halogenated alkanes) is 8. The molecule has 0 aliphatic heterocycles. The predicted molar refractivity (Wildman–Crippen MR) is 86.6 cm³/mol. The Morgan fingerprint density at radius 3 is 1.85 bits per heavy atom. The highest BCUT2D eigenvalue weighted by Gasteiger charge is 2.00. The van der Waals surface area contributed by atoms with Crippen LogP contribution in [0, 0.1) is 0 Å². The summed E-state index contributed by atoms with van der Waals surface area (Å²) in [5, 5.41) is 0. The van der Waals surface area contributed by atoms with Crippen molar-refractivity contribution in [3.8, 4) is 0 Å². The topological polar surface area (TPSA) is 26.3 Å². The lowest BCUT2D eigenvalue weighted by molar-refractivity contribution is -0.135. The maximum Gasteiger partial charge on any atom is 0.307 e. The Labute approximate surface area is 126 Å². The minimum Gasteiger partial charge on any atom is -0.435 e. The maximum atomic E-state index is 10.9. The van der Waals surface area contributed by atoms with Crippen LogP contribution in [-0.4, -0.2) is 5.97 Å². The maximum absolute atomic E-state index is 10.9. The zero-order valence-corrected chi connectivity index (χ0v) is 13.9. The molecule has 118 valence electrons. The molecule has 0 rings (SSSR count). The molecule has 0 N–H and O–H groups in total. The van der Waals surface area contributed by atoms with E-state index in [0.717, 1.165) is 12.8 Å². The van der Waals surface area contributed by atoms with Gasteiger partial charge in [-0.25, -0.2) is 0 Å². The molecule has 0 saturated carbocycles. The first kappa shape index (κ1) is 19.2. The normalized spacial score (nSPS) is 11.7. The highest BCUT2D eigenvalue weighted by atomic mass is 16.5. The largest absolute Gasteiger partial charge is 0.435 e. The van der Waals surface area contributed by atoms with Gasteiger partial charge in [-0.05, 0) is 31.3 Å². The van der Waals surface area contributed by atoms with Gasteiger partial charge in [0.25, 0.3) is 0 Å². The second-order valence-electron chi connectivity index (χ2n) is 5.71. The summed E-state index contributed by atoms with van der Waals surface area (Å²) >= 11 is 0. The van der Waals surface area contributed by atoms with Gasteiger partial charge in [0.15, 0.2) is 0 Å². The molecule has 0 unspecified atom stereocenters. The van der Waals surface area contributed by atoms with Crippen LogP contribution in [0.1, 0.15) is 97.8 Å². The van der Waals surface area contributed by atoms with Gasteiger partial charge in [0.2, 0.25) is 0 Å². The third-order valence-corrected chi connectivity index (χ3v) is 3.59. The molecule has 0 amide bonds. The predicted octanol–water partition coefficient (Wildman–Crippen LogP) is 6.15. The van der Waals surface area contributed by atoms with E-state index >= 15 is 0 Å². The number of carbonyl (C=O) groups excluding carboxylic acids is 1. The smallest absolute Gasteiger partial charge is 0.307 e. The van der Waals surface area contributed by atoms with Crippen LogP contribution in [0.5, 0.6) is 0 Å². The van der Waals surface area contributed by atoms with Crippen LogP contribution in [0.2, 0.25) is 0 Å². The molecule has 2 heteroatoms. The fourth-order valence-corrected chi connectivity index (χ4v) is 2.30. The quantitative estimate of drug-likeness (QED) is 0.230. The molecule has 0 atom stereocenters. The highest BCUT2D eigenvalue weighted by molar-refractivity contribution is 5.66. The van der Waals surface area contributed by atoms with E-state index in [0.29, 0.717) is 0 Å². The number of carbonyl (C=O) groups is 1. The summed E-state index contributed by atoms with van der Waals surface area (Å²) in [6, 6.07) is 0. The molecular weight excluding hydrogens is 248 g/mol. The van der Waals surface area contributed by atoms with Crippen molar-refractivity contribution in [2.24, 2.45) is 0 Å². The van der Waals surface area contributed by atoms with Crippen molar-refractivity contribution in [2.45, 2.75) is 97.8 Å². The van der Waals surface area contributed by atoms with Crippen LogP contribution in [0.25, 0.3) is 0 Å². The molecule has 0 aromatic rings. The fourth-order valence-electron chi connectivity index (χ4n) is 2.30. The minimum absolute atomic E-state index is 0.213. The van der Waals surface area contributed by atoms with Crippen molar-refractivity contribution in [1.82, 2.24) is 0 Å². The molecule has 0 aliphatic carbocycles. The Hall–Kier alpha value is -0.790. The van der Waals surface area contributed by atoms with Crippen LogP contribution in [0.4, 0.5) is 0 Å².